The lowest BCUT2D eigenvalue weighted by Crippen LogP contribution is -2.36. The van der Waals surface area contributed by atoms with Crippen LogP contribution in [-0.4, -0.2) is 19.6 Å². The number of guanidine groups is 1. The van der Waals surface area contributed by atoms with E-state index in [0.29, 0.717) is 18.1 Å². The Labute approximate surface area is 140 Å². The Kier molecular flexibility index (Phi) is 6.55. The van der Waals surface area contributed by atoms with Crippen molar-refractivity contribution in [3.8, 4) is 5.75 Å². The SMILES string of the molecule is CCNC(=NCc1ccsc1)NCc1ccc(Cl)cc1OC. The molecule has 0 bridgehead atoms. The molecule has 2 N–H and O–H groups in total. The summed E-state index contributed by atoms with van der Waals surface area (Å²) in [6, 6.07) is 7.71. The number of methoxy groups -OCH3 is 1. The predicted octanol–water partition coefficient (Wildman–Crippen LogP) is 3.67. The zero-order chi connectivity index (χ0) is 15.8. The molecule has 1 heterocycles. The van der Waals surface area contributed by atoms with E-state index in [9.17, 15) is 0 Å². The monoisotopic (exact) mass is 337 g/mol. The predicted molar refractivity (Wildman–Crippen MR) is 94.0 cm³/mol. The summed E-state index contributed by atoms with van der Waals surface area (Å²) in [6.07, 6.45) is 0. The van der Waals surface area contributed by atoms with Gasteiger partial charge in [0.25, 0.3) is 0 Å². The molecule has 4 nitrogen and oxygen atoms in total. The number of thiophene rings is 1. The average molecular weight is 338 g/mol. The third-order valence-corrected chi connectivity index (χ3v) is 4.01. The van der Waals surface area contributed by atoms with Gasteiger partial charge in [0, 0.05) is 23.7 Å². The van der Waals surface area contributed by atoms with E-state index >= 15 is 0 Å². The molecule has 0 saturated carbocycles. The number of rotatable bonds is 6. The highest BCUT2D eigenvalue weighted by molar-refractivity contribution is 7.07. The average Bonchev–Trinajstić information content (AvgIpc) is 3.04. The highest BCUT2D eigenvalue weighted by Gasteiger charge is 2.05. The molecule has 1 aromatic heterocycles. The Bertz CT molecular complexity index is 614. The first-order valence-corrected chi connectivity index (χ1v) is 8.40. The van der Waals surface area contributed by atoms with Crippen LogP contribution in [0.3, 0.4) is 0 Å². The van der Waals surface area contributed by atoms with Crippen LogP contribution in [0.1, 0.15) is 18.1 Å². The lowest BCUT2D eigenvalue weighted by Gasteiger charge is -2.13. The molecule has 0 aliphatic carbocycles. The van der Waals surface area contributed by atoms with Gasteiger partial charge in [-0.15, -0.1) is 0 Å². The van der Waals surface area contributed by atoms with Crippen LogP contribution in [-0.2, 0) is 13.1 Å². The van der Waals surface area contributed by atoms with Crippen molar-refractivity contribution in [1.29, 1.82) is 0 Å². The van der Waals surface area contributed by atoms with Gasteiger partial charge in [-0.1, -0.05) is 17.7 Å². The maximum atomic E-state index is 5.98. The fourth-order valence-corrected chi connectivity index (χ4v) is 2.76. The molecule has 0 aliphatic rings. The van der Waals surface area contributed by atoms with Crippen molar-refractivity contribution >= 4 is 28.9 Å². The van der Waals surface area contributed by atoms with Gasteiger partial charge in [0.1, 0.15) is 5.75 Å². The smallest absolute Gasteiger partial charge is 0.191 e. The highest BCUT2D eigenvalue weighted by Crippen LogP contribution is 2.22. The summed E-state index contributed by atoms with van der Waals surface area (Å²) >= 11 is 7.66. The van der Waals surface area contributed by atoms with E-state index in [0.717, 1.165) is 23.8 Å². The summed E-state index contributed by atoms with van der Waals surface area (Å²) in [6.45, 7) is 4.14. The summed E-state index contributed by atoms with van der Waals surface area (Å²) < 4.78 is 5.35. The molecule has 0 amide bonds. The second-order valence-electron chi connectivity index (χ2n) is 4.64. The number of ether oxygens (including phenoxy) is 1. The molecule has 22 heavy (non-hydrogen) atoms. The van der Waals surface area contributed by atoms with E-state index in [2.05, 4.69) is 32.5 Å². The number of nitrogens with zero attached hydrogens (tertiary/aromatic N) is 1. The minimum Gasteiger partial charge on any atom is -0.496 e. The Hall–Kier alpha value is -1.72. The fourth-order valence-electron chi connectivity index (χ4n) is 1.94. The Balaban J connectivity index is 2.00. The molecule has 0 fully saturated rings. The Morgan fingerprint density at radius 3 is 2.86 bits per heavy atom. The van der Waals surface area contributed by atoms with Gasteiger partial charge >= 0.3 is 0 Å². The molecule has 1 aromatic carbocycles. The third kappa shape index (κ3) is 4.93. The van der Waals surface area contributed by atoms with Crippen LogP contribution in [0.2, 0.25) is 5.02 Å². The van der Waals surface area contributed by atoms with Crippen molar-refractivity contribution in [3.63, 3.8) is 0 Å². The molecule has 0 aliphatic heterocycles. The van der Waals surface area contributed by atoms with Gasteiger partial charge in [-0.2, -0.15) is 11.3 Å². The molecule has 0 saturated heterocycles. The van der Waals surface area contributed by atoms with Crippen LogP contribution in [0.15, 0.2) is 40.0 Å². The Morgan fingerprint density at radius 2 is 2.18 bits per heavy atom. The van der Waals surface area contributed by atoms with Crippen LogP contribution >= 0.6 is 22.9 Å². The number of hydrogen-bond donors (Lipinski definition) is 2. The second kappa shape index (κ2) is 8.66. The topological polar surface area (TPSA) is 45.7 Å². The van der Waals surface area contributed by atoms with Crippen molar-refractivity contribution < 1.29 is 4.74 Å². The number of aliphatic imine (C=N–C) groups is 1. The van der Waals surface area contributed by atoms with E-state index < -0.39 is 0 Å². The maximum absolute atomic E-state index is 5.98. The van der Waals surface area contributed by atoms with Gasteiger partial charge in [0.05, 0.1) is 13.7 Å². The highest BCUT2D eigenvalue weighted by atomic mass is 35.5. The van der Waals surface area contributed by atoms with Gasteiger partial charge in [-0.3, -0.25) is 0 Å². The molecule has 2 aromatic rings. The lowest BCUT2D eigenvalue weighted by molar-refractivity contribution is 0.409. The molecule has 0 spiro atoms. The minimum atomic E-state index is 0.621. The number of benzene rings is 1. The van der Waals surface area contributed by atoms with E-state index in [1.54, 1.807) is 18.4 Å². The number of nitrogens with one attached hydrogen (secondary N) is 2. The normalized spacial score (nSPS) is 11.3. The number of halogens is 1. The van der Waals surface area contributed by atoms with E-state index in [-0.39, 0.29) is 0 Å². The van der Waals surface area contributed by atoms with Gasteiger partial charge < -0.3 is 15.4 Å². The third-order valence-electron chi connectivity index (χ3n) is 3.04. The fraction of sp³-hybridized carbons (Fsp3) is 0.312. The minimum absolute atomic E-state index is 0.621. The molecule has 0 unspecified atom stereocenters. The first-order valence-electron chi connectivity index (χ1n) is 7.08. The van der Waals surface area contributed by atoms with Crippen molar-refractivity contribution in [2.75, 3.05) is 13.7 Å². The van der Waals surface area contributed by atoms with Gasteiger partial charge in [-0.25, -0.2) is 4.99 Å². The molecule has 118 valence electrons. The molecule has 6 heteroatoms. The molecular formula is C16H20ClN3OS. The molecule has 0 radical (unpaired) electrons. The maximum Gasteiger partial charge on any atom is 0.191 e. The van der Waals surface area contributed by atoms with E-state index in [1.807, 2.05) is 25.1 Å². The summed E-state index contributed by atoms with van der Waals surface area (Å²) in [7, 11) is 1.64. The summed E-state index contributed by atoms with van der Waals surface area (Å²) in [5, 5.41) is 11.4. The largest absolute Gasteiger partial charge is 0.496 e. The van der Waals surface area contributed by atoms with Crippen molar-refractivity contribution in [1.82, 2.24) is 10.6 Å². The Morgan fingerprint density at radius 1 is 1.32 bits per heavy atom. The number of hydrogen-bond acceptors (Lipinski definition) is 3. The van der Waals surface area contributed by atoms with Crippen LogP contribution in [0.5, 0.6) is 5.75 Å². The molecule has 0 atom stereocenters. The molecule has 2 rings (SSSR count). The van der Waals surface area contributed by atoms with Crippen LogP contribution < -0.4 is 15.4 Å². The van der Waals surface area contributed by atoms with Crippen molar-refractivity contribution in [3.05, 3.63) is 51.2 Å². The summed E-state index contributed by atoms with van der Waals surface area (Å²) in [5.41, 5.74) is 2.25. The second-order valence-corrected chi connectivity index (χ2v) is 5.85. The zero-order valence-corrected chi connectivity index (χ0v) is 14.3. The standard InChI is InChI=1S/C16H20ClN3OS/c1-3-18-16(19-9-12-6-7-22-11-12)20-10-13-4-5-14(17)8-15(13)21-2/h4-8,11H,3,9-10H2,1-2H3,(H2,18,19,20). The zero-order valence-electron chi connectivity index (χ0n) is 12.7. The first kappa shape index (κ1) is 16.6. The van der Waals surface area contributed by atoms with Crippen LogP contribution in [0, 0.1) is 0 Å². The van der Waals surface area contributed by atoms with Crippen molar-refractivity contribution in [2.45, 2.75) is 20.0 Å². The lowest BCUT2D eigenvalue weighted by atomic mass is 10.2. The summed E-state index contributed by atoms with van der Waals surface area (Å²) in [4.78, 5) is 4.58. The van der Waals surface area contributed by atoms with E-state index in [1.165, 1.54) is 5.56 Å². The van der Waals surface area contributed by atoms with Gasteiger partial charge in [-0.05, 0) is 41.4 Å². The first-order chi connectivity index (χ1) is 10.7. The summed E-state index contributed by atoms with van der Waals surface area (Å²) in [5.74, 6) is 1.55. The molecular weight excluding hydrogens is 318 g/mol. The van der Waals surface area contributed by atoms with Crippen LogP contribution in [0.25, 0.3) is 0 Å². The van der Waals surface area contributed by atoms with Gasteiger partial charge in [0.2, 0.25) is 0 Å². The quantitative estimate of drug-likeness (QED) is 0.624. The van der Waals surface area contributed by atoms with Crippen molar-refractivity contribution in [2.24, 2.45) is 4.99 Å². The van der Waals surface area contributed by atoms with E-state index in [4.69, 9.17) is 16.3 Å². The van der Waals surface area contributed by atoms with Crippen LogP contribution in [0.4, 0.5) is 0 Å². The van der Waals surface area contributed by atoms with Gasteiger partial charge in [0.15, 0.2) is 5.96 Å².